The first-order valence-electron chi connectivity index (χ1n) is 6.44. The van der Waals surface area contributed by atoms with Gasteiger partial charge in [0.05, 0.1) is 12.9 Å². The van der Waals surface area contributed by atoms with Gasteiger partial charge in [-0.25, -0.2) is 4.79 Å². The number of allylic oxidation sites excluding steroid dienone is 4. The van der Waals surface area contributed by atoms with E-state index in [2.05, 4.69) is 0 Å². The van der Waals surface area contributed by atoms with Crippen LogP contribution in [0.3, 0.4) is 0 Å². The van der Waals surface area contributed by atoms with Gasteiger partial charge in [-0.05, 0) is 30.2 Å². The molecule has 2 heterocycles. The van der Waals surface area contributed by atoms with Gasteiger partial charge in [0, 0.05) is 18.6 Å². The Hall–Kier alpha value is -2.43. The zero-order valence-corrected chi connectivity index (χ0v) is 11.0. The molecule has 2 aliphatic heterocycles. The van der Waals surface area contributed by atoms with E-state index >= 15 is 0 Å². The molecule has 104 valence electrons. The Morgan fingerprint density at radius 1 is 1.50 bits per heavy atom. The number of carbonyl (C=O) groups excluding carboxylic acids is 1. The quantitative estimate of drug-likeness (QED) is 0.724. The third-order valence-electron chi connectivity index (χ3n) is 3.03. The van der Waals surface area contributed by atoms with Crippen LogP contribution in [0, 0.1) is 0 Å². The van der Waals surface area contributed by atoms with Crippen molar-refractivity contribution in [2.24, 2.45) is 0 Å². The number of fused-ring (bicyclic) bond motifs is 2. The molecule has 0 amide bonds. The molecule has 3 rings (SSSR count). The van der Waals surface area contributed by atoms with Gasteiger partial charge in [-0.15, -0.1) is 0 Å². The highest BCUT2D eigenvalue weighted by atomic mass is 16.8. The van der Waals surface area contributed by atoms with Gasteiger partial charge in [0.2, 0.25) is 0 Å². The second kappa shape index (κ2) is 5.28. The van der Waals surface area contributed by atoms with Crippen molar-refractivity contribution < 1.29 is 23.7 Å². The second-order valence-corrected chi connectivity index (χ2v) is 4.37. The van der Waals surface area contributed by atoms with E-state index in [1.807, 2.05) is 24.3 Å². The van der Waals surface area contributed by atoms with Crippen LogP contribution in [0.2, 0.25) is 0 Å². The van der Waals surface area contributed by atoms with Gasteiger partial charge in [-0.1, -0.05) is 6.08 Å². The third kappa shape index (κ3) is 2.47. The van der Waals surface area contributed by atoms with Gasteiger partial charge >= 0.3 is 6.16 Å². The van der Waals surface area contributed by atoms with Crippen molar-refractivity contribution in [1.82, 2.24) is 0 Å². The van der Waals surface area contributed by atoms with Crippen molar-refractivity contribution in [2.45, 2.75) is 19.4 Å². The summed E-state index contributed by atoms with van der Waals surface area (Å²) < 4.78 is 20.7. The summed E-state index contributed by atoms with van der Waals surface area (Å²) >= 11 is 0. The summed E-state index contributed by atoms with van der Waals surface area (Å²) in [5, 5.41) is 0. The summed E-state index contributed by atoms with van der Waals surface area (Å²) in [6, 6.07) is 0. The Bertz CT molecular complexity index is 577. The van der Waals surface area contributed by atoms with E-state index in [9.17, 15) is 4.79 Å². The lowest BCUT2D eigenvalue weighted by molar-refractivity contribution is 0.0364. The summed E-state index contributed by atoms with van der Waals surface area (Å²) in [6.07, 6.45) is 10.8. The summed E-state index contributed by atoms with van der Waals surface area (Å²) in [4.78, 5) is 11.3. The van der Waals surface area contributed by atoms with Gasteiger partial charge in [-0.3, -0.25) is 0 Å². The van der Waals surface area contributed by atoms with Crippen LogP contribution in [0.5, 0.6) is 0 Å². The SMILES string of the molecule is CCOC(=O)OC1=CCC2=CC3=CC=COC3C=C2O1. The smallest absolute Gasteiger partial charge is 0.489 e. The highest BCUT2D eigenvalue weighted by Crippen LogP contribution is 2.34. The zero-order chi connectivity index (χ0) is 13.9. The van der Waals surface area contributed by atoms with Crippen molar-refractivity contribution in [3.8, 4) is 0 Å². The maximum Gasteiger partial charge on any atom is 0.516 e. The molecule has 0 N–H and O–H groups in total. The van der Waals surface area contributed by atoms with Crippen molar-refractivity contribution in [1.29, 1.82) is 0 Å². The Kier molecular flexibility index (Phi) is 3.33. The van der Waals surface area contributed by atoms with Gasteiger partial charge < -0.3 is 18.9 Å². The number of ether oxygens (including phenoxy) is 4. The molecule has 0 bridgehead atoms. The summed E-state index contributed by atoms with van der Waals surface area (Å²) in [6.45, 7) is 1.97. The monoisotopic (exact) mass is 274 g/mol. The van der Waals surface area contributed by atoms with E-state index in [0.717, 1.165) is 11.1 Å². The lowest BCUT2D eigenvalue weighted by Crippen LogP contribution is -2.20. The van der Waals surface area contributed by atoms with E-state index in [1.165, 1.54) is 0 Å². The molecule has 0 radical (unpaired) electrons. The van der Waals surface area contributed by atoms with E-state index in [4.69, 9.17) is 18.9 Å². The Labute approximate surface area is 116 Å². The molecule has 0 saturated carbocycles. The van der Waals surface area contributed by atoms with Crippen molar-refractivity contribution in [3.05, 3.63) is 59.5 Å². The van der Waals surface area contributed by atoms with Crippen molar-refractivity contribution in [2.75, 3.05) is 6.61 Å². The minimum atomic E-state index is -0.764. The first-order chi connectivity index (χ1) is 9.76. The standard InChI is InChI=1S/C15H14O5/c1-2-17-15(16)20-14-6-5-11-8-10-4-3-7-18-12(10)9-13(11)19-14/h3-4,6-9,12H,2,5H2,1H3. The van der Waals surface area contributed by atoms with E-state index in [1.54, 1.807) is 19.3 Å². The minimum Gasteiger partial charge on any atom is -0.489 e. The second-order valence-electron chi connectivity index (χ2n) is 4.37. The largest absolute Gasteiger partial charge is 0.516 e. The molecule has 0 saturated heterocycles. The molecule has 0 spiro atoms. The zero-order valence-electron chi connectivity index (χ0n) is 11.0. The van der Waals surface area contributed by atoms with Crippen LogP contribution in [0.1, 0.15) is 13.3 Å². The Morgan fingerprint density at radius 2 is 2.40 bits per heavy atom. The fourth-order valence-corrected chi connectivity index (χ4v) is 2.13. The molecule has 5 nitrogen and oxygen atoms in total. The lowest BCUT2D eigenvalue weighted by Gasteiger charge is -2.27. The summed E-state index contributed by atoms with van der Waals surface area (Å²) in [5.41, 5.74) is 2.11. The molecule has 1 atom stereocenters. The third-order valence-corrected chi connectivity index (χ3v) is 3.03. The molecule has 20 heavy (non-hydrogen) atoms. The number of hydrogen-bond donors (Lipinski definition) is 0. The van der Waals surface area contributed by atoms with Crippen LogP contribution >= 0.6 is 0 Å². The maximum absolute atomic E-state index is 11.3. The van der Waals surface area contributed by atoms with E-state index in [0.29, 0.717) is 12.2 Å². The van der Waals surface area contributed by atoms with E-state index < -0.39 is 6.16 Å². The molecular formula is C15H14O5. The Balaban J connectivity index is 1.75. The normalized spacial score (nSPS) is 22.8. The lowest BCUT2D eigenvalue weighted by atomic mass is 9.94. The van der Waals surface area contributed by atoms with Gasteiger partial charge in [0.25, 0.3) is 5.95 Å². The number of rotatable bonds is 2. The number of hydrogen-bond acceptors (Lipinski definition) is 5. The molecule has 1 unspecified atom stereocenters. The van der Waals surface area contributed by atoms with Gasteiger partial charge in [0.15, 0.2) is 0 Å². The highest BCUT2D eigenvalue weighted by Gasteiger charge is 2.26. The van der Waals surface area contributed by atoms with Crippen molar-refractivity contribution >= 4 is 6.16 Å². The fourth-order valence-electron chi connectivity index (χ4n) is 2.13. The van der Waals surface area contributed by atoms with E-state index in [-0.39, 0.29) is 18.7 Å². The molecule has 0 aromatic carbocycles. The molecule has 0 aromatic heterocycles. The van der Waals surface area contributed by atoms with Crippen LogP contribution < -0.4 is 0 Å². The first-order valence-corrected chi connectivity index (χ1v) is 6.44. The molecule has 0 fully saturated rings. The van der Waals surface area contributed by atoms with Crippen molar-refractivity contribution in [3.63, 3.8) is 0 Å². The predicted molar refractivity (Wildman–Crippen MR) is 70.2 cm³/mol. The highest BCUT2D eigenvalue weighted by molar-refractivity contribution is 5.61. The predicted octanol–water partition coefficient (Wildman–Crippen LogP) is 3.08. The summed E-state index contributed by atoms with van der Waals surface area (Å²) in [5.74, 6) is 0.801. The topological polar surface area (TPSA) is 54.0 Å². The van der Waals surface area contributed by atoms with Gasteiger partial charge in [0.1, 0.15) is 11.9 Å². The minimum absolute atomic E-state index is 0.144. The van der Waals surface area contributed by atoms with Crippen LogP contribution in [-0.2, 0) is 18.9 Å². The molecule has 5 heteroatoms. The fraction of sp³-hybridized carbons (Fsp3) is 0.267. The number of carbonyl (C=O) groups is 1. The van der Waals surface area contributed by atoms with Gasteiger partial charge in [-0.2, -0.15) is 0 Å². The molecule has 1 aliphatic carbocycles. The van der Waals surface area contributed by atoms with Crippen LogP contribution in [-0.4, -0.2) is 18.9 Å². The molecule has 0 aromatic rings. The Morgan fingerprint density at radius 3 is 3.25 bits per heavy atom. The maximum atomic E-state index is 11.3. The average Bonchev–Trinajstić information content (AvgIpc) is 2.45. The summed E-state index contributed by atoms with van der Waals surface area (Å²) in [7, 11) is 0. The first kappa shape index (κ1) is 12.6. The van der Waals surface area contributed by atoms with Crippen LogP contribution in [0.25, 0.3) is 0 Å². The van der Waals surface area contributed by atoms with Crippen LogP contribution in [0.15, 0.2) is 59.5 Å². The molecule has 3 aliphatic rings. The average molecular weight is 274 g/mol. The molecular weight excluding hydrogens is 260 g/mol. The van der Waals surface area contributed by atoms with Crippen LogP contribution in [0.4, 0.5) is 4.79 Å².